The van der Waals surface area contributed by atoms with Crippen LogP contribution in [0.3, 0.4) is 0 Å². The van der Waals surface area contributed by atoms with Gasteiger partial charge in [0.1, 0.15) is 11.9 Å². The lowest BCUT2D eigenvalue weighted by Gasteiger charge is -2.33. The van der Waals surface area contributed by atoms with Gasteiger partial charge in [-0.05, 0) is 32.5 Å². The van der Waals surface area contributed by atoms with E-state index >= 15 is 0 Å². The van der Waals surface area contributed by atoms with Crippen molar-refractivity contribution in [1.82, 2.24) is 20.2 Å². The van der Waals surface area contributed by atoms with Gasteiger partial charge in [-0.1, -0.05) is 6.92 Å². The Morgan fingerprint density at radius 1 is 1.53 bits per heavy atom. The minimum Gasteiger partial charge on any atom is -0.478 e. The molecule has 0 aliphatic carbocycles. The van der Waals surface area contributed by atoms with Crippen LogP contribution < -0.4 is 5.32 Å². The molecule has 1 fully saturated rings. The summed E-state index contributed by atoms with van der Waals surface area (Å²) in [5.41, 5.74) is 0.803. The summed E-state index contributed by atoms with van der Waals surface area (Å²) in [7, 11) is 0. The van der Waals surface area contributed by atoms with Crippen molar-refractivity contribution in [2.24, 2.45) is 0 Å². The van der Waals surface area contributed by atoms with Gasteiger partial charge in [-0.15, -0.1) is 0 Å². The third kappa shape index (κ3) is 3.48. The highest BCUT2D eigenvalue weighted by Gasteiger charge is 2.22. The Bertz CT molecular complexity index is 432. The maximum absolute atomic E-state index is 11.2. The maximum atomic E-state index is 11.2. The van der Waals surface area contributed by atoms with Gasteiger partial charge in [0.25, 0.3) is 0 Å². The van der Waals surface area contributed by atoms with Crippen molar-refractivity contribution < 1.29 is 9.90 Å². The highest BCUT2D eigenvalue weighted by molar-refractivity contribution is 5.88. The number of carbonyl (C=O) groups is 1. The molecular weight excluding hydrogens is 244 g/mol. The maximum Gasteiger partial charge on any atom is 0.339 e. The molecule has 19 heavy (non-hydrogen) atoms. The summed E-state index contributed by atoms with van der Waals surface area (Å²) in [6, 6.07) is 0.503. The molecule has 1 aliphatic heterocycles. The Labute approximate surface area is 112 Å². The number of piperidine rings is 1. The number of nitrogens with zero attached hydrogens (tertiary/aromatic N) is 3. The molecular formula is C13H20N4O2. The van der Waals surface area contributed by atoms with E-state index in [1.165, 1.54) is 12.5 Å². The van der Waals surface area contributed by atoms with Gasteiger partial charge in [-0.3, -0.25) is 4.90 Å². The zero-order chi connectivity index (χ0) is 13.7. The fourth-order valence-corrected chi connectivity index (χ4v) is 2.52. The lowest BCUT2D eigenvalue weighted by atomic mass is 10.0. The Balaban J connectivity index is 2.11. The van der Waals surface area contributed by atoms with Gasteiger partial charge in [-0.2, -0.15) is 0 Å². The number of carboxylic acid groups (broad SMARTS) is 1. The fraction of sp³-hybridized carbons (Fsp3) is 0.615. The second-order valence-electron chi connectivity index (χ2n) is 4.73. The molecule has 0 aromatic carbocycles. The van der Waals surface area contributed by atoms with Crippen molar-refractivity contribution in [1.29, 1.82) is 0 Å². The number of nitrogens with one attached hydrogen (secondary N) is 1. The van der Waals surface area contributed by atoms with Crippen LogP contribution in [0.2, 0.25) is 0 Å². The average Bonchev–Trinajstić information content (AvgIpc) is 2.46. The molecule has 0 radical (unpaired) electrons. The molecule has 1 aliphatic rings. The van der Waals surface area contributed by atoms with E-state index in [2.05, 4.69) is 27.1 Å². The van der Waals surface area contributed by atoms with Gasteiger partial charge in [0.15, 0.2) is 0 Å². The van der Waals surface area contributed by atoms with Gasteiger partial charge in [0.05, 0.1) is 5.69 Å². The molecule has 2 N–H and O–H groups in total. The molecule has 2 heterocycles. The number of aromatic nitrogens is 2. The van der Waals surface area contributed by atoms with E-state index in [4.69, 9.17) is 5.11 Å². The largest absolute Gasteiger partial charge is 0.478 e. The first-order valence-electron chi connectivity index (χ1n) is 6.69. The topological polar surface area (TPSA) is 78.4 Å². The van der Waals surface area contributed by atoms with Crippen molar-refractivity contribution in [3.8, 4) is 0 Å². The van der Waals surface area contributed by atoms with E-state index in [1.54, 1.807) is 0 Å². The Hall–Kier alpha value is -1.53. The first-order chi connectivity index (χ1) is 9.22. The number of rotatable bonds is 5. The Morgan fingerprint density at radius 2 is 2.26 bits per heavy atom. The molecule has 104 valence electrons. The van der Waals surface area contributed by atoms with Crippen LogP contribution in [0.15, 0.2) is 12.5 Å². The van der Waals surface area contributed by atoms with Crippen LogP contribution in [0.5, 0.6) is 0 Å². The minimum atomic E-state index is -0.961. The molecule has 0 saturated carbocycles. The van der Waals surface area contributed by atoms with Crippen molar-refractivity contribution in [3.05, 3.63) is 23.8 Å². The van der Waals surface area contributed by atoms with Crippen LogP contribution in [0.1, 0.15) is 35.8 Å². The van der Waals surface area contributed by atoms with Gasteiger partial charge >= 0.3 is 5.97 Å². The first kappa shape index (κ1) is 13.9. The van der Waals surface area contributed by atoms with Gasteiger partial charge in [0, 0.05) is 18.8 Å². The van der Waals surface area contributed by atoms with Crippen molar-refractivity contribution in [2.75, 3.05) is 19.6 Å². The Kier molecular flexibility index (Phi) is 4.81. The highest BCUT2D eigenvalue weighted by Crippen LogP contribution is 2.16. The van der Waals surface area contributed by atoms with E-state index in [1.807, 2.05) is 0 Å². The van der Waals surface area contributed by atoms with E-state index in [0.717, 1.165) is 32.5 Å². The highest BCUT2D eigenvalue weighted by atomic mass is 16.4. The number of aromatic carboxylic acids is 1. The number of hydrogen-bond acceptors (Lipinski definition) is 5. The van der Waals surface area contributed by atoms with E-state index in [0.29, 0.717) is 18.3 Å². The van der Waals surface area contributed by atoms with Crippen LogP contribution in [0.25, 0.3) is 0 Å². The summed E-state index contributed by atoms with van der Waals surface area (Å²) in [5.74, 6) is -0.961. The number of carboxylic acids is 1. The molecule has 1 saturated heterocycles. The predicted octanol–water partition coefficient (Wildman–Crippen LogP) is 0.749. The second kappa shape index (κ2) is 6.58. The summed E-state index contributed by atoms with van der Waals surface area (Å²) in [6.07, 6.45) is 4.99. The molecule has 0 unspecified atom stereocenters. The van der Waals surface area contributed by atoms with Gasteiger partial charge in [-0.25, -0.2) is 14.8 Å². The first-order valence-corrected chi connectivity index (χ1v) is 6.69. The van der Waals surface area contributed by atoms with Crippen LogP contribution in [0.4, 0.5) is 0 Å². The van der Waals surface area contributed by atoms with Crippen LogP contribution in [0, 0.1) is 0 Å². The summed E-state index contributed by atoms with van der Waals surface area (Å²) < 4.78 is 0. The lowest BCUT2D eigenvalue weighted by Crippen LogP contribution is -2.43. The van der Waals surface area contributed by atoms with Crippen LogP contribution in [-0.4, -0.2) is 51.6 Å². The van der Waals surface area contributed by atoms with E-state index in [-0.39, 0.29) is 5.56 Å². The van der Waals surface area contributed by atoms with Crippen LogP contribution >= 0.6 is 0 Å². The van der Waals surface area contributed by atoms with Gasteiger partial charge in [0.2, 0.25) is 0 Å². The van der Waals surface area contributed by atoms with Gasteiger partial charge < -0.3 is 10.4 Å². The number of hydrogen-bond donors (Lipinski definition) is 2. The summed E-state index contributed by atoms with van der Waals surface area (Å²) in [4.78, 5) is 21.4. The normalized spacial score (nSPS) is 16.7. The zero-order valence-corrected chi connectivity index (χ0v) is 11.2. The summed E-state index contributed by atoms with van der Waals surface area (Å²) in [5, 5.41) is 12.5. The summed E-state index contributed by atoms with van der Waals surface area (Å²) >= 11 is 0. The molecule has 2 rings (SSSR count). The smallest absolute Gasteiger partial charge is 0.339 e. The standard InChI is InChI=1S/C13H20N4O2/c1-2-17(10-3-5-14-6-4-10)8-12-11(13(18)19)7-15-9-16-12/h7,9-10,14H,2-6,8H2,1H3,(H,18,19). The van der Waals surface area contributed by atoms with E-state index in [9.17, 15) is 4.79 Å². The lowest BCUT2D eigenvalue weighted by molar-refractivity contribution is 0.0691. The molecule has 0 atom stereocenters. The second-order valence-corrected chi connectivity index (χ2v) is 4.73. The third-order valence-electron chi connectivity index (χ3n) is 3.61. The predicted molar refractivity (Wildman–Crippen MR) is 71.0 cm³/mol. The molecule has 6 heteroatoms. The fourth-order valence-electron chi connectivity index (χ4n) is 2.52. The monoisotopic (exact) mass is 264 g/mol. The quantitative estimate of drug-likeness (QED) is 0.817. The van der Waals surface area contributed by atoms with E-state index < -0.39 is 5.97 Å². The third-order valence-corrected chi connectivity index (χ3v) is 3.61. The molecule has 1 aromatic heterocycles. The molecule has 0 amide bonds. The van der Waals surface area contributed by atoms with Crippen molar-refractivity contribution >= 4 is 5.97 Å². The molecule has 0 spiro atoms. The summed E-state index contributed by atoms with van der Waals surface area (Å²) in [6.45, 7) is 5.62. The van der Waals surface area contributed by atoms with Crippen LogP contribution in [-0.2, 0) is 6.54 Å². The SMILES string of the molecule is CCN(Cc1ncncc1C(=O)O)C1CCNCC1. The average molecular weight is 264 g/mol. The zero-order valence-electron chi connectivity index (χ0n) is 11.2. The Morgan fingerprint density at radius 3 is 2.89 bits per heavy atom. The van der Waals surface area contributed by atoms with Crippen molar-refractivity contribution in [2.45, 2.75) is 32.4 Å². The molecule has 1 aromatic rings. The molecule has 0 bridgehead atoms. The molecule has 6 nitrogen and oxygen atoms in total. The minimum absolute atomic E-state index is 0.204. The van der Waals surface area contributed by atoms with Crippen molar-refractivity contribution in [3.63, 3.8) is 0 Å².